The number of amides is 2. The summed E-state index contributed by atoms with van der Waals surface area (Å²) in [4.78, 5) is 12.7. The summed E-state index contributed by atoms with van der Waals surface area (Å²) in [5.74, 6) is -0.392. The summed E-state index contributed by atoms with van der Waals surface area (Å²) in [6.45, 7) is 1.05. The first kappa shape index (κ1) is 9.45. The normalized spacial score (nSPS) is 15.9. The number of nitrogens with one attached hydrogen (secondary N) is 1. The van der Waals surface area contributed by atoms with E-state index in [-0.39, 0.29) is 6.03 Å². The predicted octanol–water partition coefficient (Wildman–Crippen LogP) is 2.12. The summed E-state index contributed by atoms with van der Waals surface area (Å²) in [7, 11) is 0. The maximum atomic E-state index is 13.4. The van der Waals surface area contributed by atoms with Crippen molar-refractivity contribution in [1.29, 1.82) is 0 Å². The molecule has 3 nitrogen and oxygen atoms in total. The molecule has 0 spiro atoms. The molecule has 5 heteroatoms. The number of para-hydroxylation sites is 1. The van der Waals surface area contributed by atoms with E-state index in [9.17, 15) is 9.18 Å². The van der Waals surface area contributed by atoms with Crippen LogP contribution >= 0.6 is 15.9 Å². The Morgan fingerprint density at radius 1 is 1.50 bits per heavy atom. The van der Waals surface area contributed by atoms with E-state index in [1.54, 1.807) is 12.1 Å². The summed E-state index contributed by atoms with van der Waals surface area (Å²) in [6.07, 6.45) is 0. The van der Waals surface area contributed by atoms with Crippen molar-refractivity contribution in [3.05, 3.63) is 28.5 Å². The Kier molecular flexibility index (Phi) is 2.41. The maximum Gasteiger partial charge on any atom is 0.322 e. The zero-order chi connectivity index (χ0) is 10.1. The number of rotatable bonds is 1. The topological polar surface area (TPSA) is 32.3 Å². The number of nitrogens with zero attached hydrogens (tertiary/aromatic N) is 1. The minimum atomic E-state index is -0.392. The van der Waals surface area contributed by atoms with Crippen LogP contribution < -0.4 is 10.2 Å². The standard InChI is InChI=1S/C9H8BrFN2O/c10-6-2-1-3-7(11)8(6)13-5-4-12-9(13)14/h1-3H,4-5H2,(H,12,14). The fourth-order valence-electron chi connectivity index (χ4n) is 1.43. The van der Waals surface area contributed by atoms with Crippen molar-refractivity contribution in [3.8, 4) is 0 Å². The molecule has 1 aliphatic heterocycles. The first-order chi connectivity index (χ1) is 6.70. The zero-order valence-corrected chi connectivity index (χ0v) is 8.84. The van der Waals surface area contributed by atoms with Gasteiger partial charge >= 0.3 is 6.03 Å². The number of hydrogen-bond acceptors (Lipinski definition) is 1. The number of anilines is 1. The lowest BCUT2D eigenvalue weighted by Gasteiger charge is -2.16. The molecular formula is C9H8BrFN2O. The molecule has 0 aliphatic carbocycles. The number of carbonyl (C=O) groups is 1. The van der Waals surface area contributed by atoms with E-state index in [2.05, 4.69) is 21.2 Å². The Morgan fingerprint density at radius 3 is 2.86 bits per heavy atom. The van der Waals surface area contributed by atoms with Gasteiger partial charge in [-0.3, -0.25) is 4.90 Å². The van der Waals surface area contributed by atoms with Gasteiger partial charge in [0.2, 0.25) is 0 Å². The highest BCUT2D eigenvalue weighted by atomic mass is 79.9. The molecular weight excluding hydrogens is 251 g/mol. The number of benzene rings is 1. The van der Waals surface area contributed by atoms with Gasteiger partial charge in [0, 0.05) is 17.6 Å². The molecule has 1 aromatic carbocycles. The van der Waals surface area contributed by atoms with Crippen LogP contribution in [0.4, 0.5) is 14.9 Å². The van der Waals surface area contributed by atoms with Gasteiger partial charge in [0.15, 0.2) is 0 Å². The third-order valence-electron chi connectivity index (χ3n) is 2.06. The first-order valence-corrected chi connectivity index (χ1v) is 4.99. The smallest absolute Gasteiger partial charge is 0.322 e. The molecule has 0 saturated carbocycles. The molecule has 0 radical (unpaired) electrons. The van der Waals surface area contributed by atoms with Crippen molar-refractivity contribution in [3.63, 3.8) is 0 Å². The molecule has 2 amide bonds. The van der Waals surface area contributed by atoms with Gasteiger partial charge in [0.25, 0.3) is 0 Å². The quantitative estimate of drug-likeness (QED) is 0.823. The zero-order valence-electron chi connectivity index (χ0n) is 7.26. The Labute approximate surface area is 89.0 Å². The molecule has 2 rings (SSSR count). The van der Waals surface area contributed by atoms with Crippen LogP contribution in [0.3, 0.4) is 0 Å². The lowest BCUT2D eigenvalue weighted by Crippen LogP contribution is -2.28. The highest BCUT2D eigenvalue weighted by Crippen LogP contribution is 2.29. The molecule has 0 aromatic heterocycles. The SMILES string of the molecule is O=C1NCCN1c1c(F)cccc1Br. The Morgan fingerprint density at radius 2 is 2.29 bits per heavy atom. The second kappa shape index (κ2) is 3.57. The molecule has 74 valence electrons. The third-order valence-corrected chi connectivity index (χ3v) is 2.70. The highest BCUT2D eigenvalue weighted by Gasteiger charge is 2.25. The van der Waals surface area contributed by atoms with Gasteiger partial charge in [-0.1, -0.05) is 6.07 Å². The van der Waals surface area contributed by atoms with Crippen molar-refractivity contribution >= 4 is 27.6 Å². The van der Waals surface area contributed by atoms with Crippen LogP contribution in [0.2, 0.25) is 0 Å². The van der Waals surface area contributed by atoms with E-state index >= 15 is 0 Å². The van der Waals surface area contributed by atoms with E-state index in [1.807, 2.05) is 0 Å². The Balaban J connectivity index is 2.44. The maximum absolute atomic E-state index is 13.4. The van der Waals surface area contributed by atoms with Gasteiger partial charge in [0.05, 0.1) is 5.69 Å². The number of urea groups is 1. The minimum Gasteiger partial charge on any atom is -0.336 e. The summed E-state index contributed by atoms with van der Waals surface area (Å²) in [6, 6.07) is 4.39. The van der Waals surface area contributed by atoms with Gasteiger partial charge in [-0.05, 0) is 28.1 Å². The molecule has 1 saturated heterocycles. The molecule has 1 N–H and O–H groups in total. The van der Waals surface area contributed by atoms with Crippen LogP contribution in [0.25, 0.3) is 0 Å². The van der Waals surface area contributed by atoms with Gasteiger partial charge in [-0.2, -0.15) is 0 Å². The fourth-order valence-corrected chi connectivity index (χ4v) is 1.99. The molecule has 0 unspecified atom stereocenters. The lowest BCUT2D eigenvalue weighted by molar-refractivity contribution is 0.252. The average molecular weight is 259 g/mol. The Hall–Kier alpha value is -1.10. The third kappa shape index (κ3) is 1.48. The van der Waals surface area contributed by atoms with Crippen molar-refractivity contribution in [2.75, 3.05) is 18.0 Å². The average Bonchev–Trinajstić information content (AvgIpc) is 2.52. The van der Waals surface area contributed by atoms with Gasteiger partial charge in [-0.15, -0.1) is 0 Å². The summed E-state index contributed by atoms with van der Waals surface area (Å²) >= 11 is 3.22. The van der Waals surface area contributed by atoms with Crippen molar-refractivity contribution in [2.45, 2.75) is 0 Å². The molecule has 1 heterocycles. The second-order valence-electron chi connectivity index (χ2n) is 2.95. The van der Waals surface area contributed by atoms with E-state index in [1.165, 1.54) is 11.0 Å². The molecule has 1 fully saturated rings. The highest BCUT2D eigenvalue weighted by molar-refractivity contribution is 9.10. The number of carbonyl (C=O) groups excluding carboxylic acids is 1. The molecule has 1 aromatic rings. The van der Waals surface area contributed by atoms with Crippen LogP contribution in [-0.2, 0) is 0 Å². The Bertz CT molecular complexity index is 363. The molecule has 14 heavy (non-hydrogen) atoms. The number of hydrogen-bond donors (Lipinski definition) is 1. The van der Waals surface area contributed by atoms with E-state index in [0.29, 0.717) is 23.2 Å². The van der Waals surface area contributed by atoms with Crippen molar-refractivity contribution in [1.82, 2.24) is 5.32 Å². The molecule has 1 aliphatic rings. The summed E-state index contributed by atoms with van der Waals surface area (Å²) in [5.41, 5.74) is 0.308. The van der Waals surface area contributed by atoms with Crippen molar-refractivity contribution < 1.29 is 9.18 Å². The minimum absolute atomic E-state index is 0.254. The van der Waals surface area contributed by atoms with Crippen LogP contribution in [-0.4, -0.2) is 19.1 Å². The van der Waals surface area contributed by atoms with E-state index in [0.717, 1.165) is 0 Å². The van der Waals surface area contributed by atoms with Crippen LogP contribution in [0.5, 0.6) is 0 Å². The van der Waals surface area contributed by atoms with Crippen LogP contribution in [0, 0.1) is 5.82 Å². The van der Waals surface area contributed by atoms with Crippen LogP contribution in [0.1, 0.15) is 0 Å². The monoisotopic (exact) mass is 258 g/mol. The van der Waals surface area contributed by atoms with Gasteiger partial charge < -0.3 is 5.32 Å². The lowest BCUT2D eigenvalue weighted by atomic mass is 10.3. The van der Waals surface area contributed by atoms with Crippen LogP contribution in [0.15, 0.2) is 22.7 Å². The first-order valence-electron chi connectivity index (χ1n) is 4.19. The summed E-state index contributed by atoms with van der Waals surface area (Å²) < 4.78 is 14.0. The predicted molar refractivity (Wildman–Crippen MR) is 54.8 cm³/mol. The second-order valence-corrected chi connectivity index (χ2v) is 3.81. The number of halogens is 2. The molecule has 0 bridgehead atoms. The largest absolute Gasteiger partial charge is 0.336 e. The van der Waals surface area contributed by atoms with Crippen molar-refractivity contribution in [2.24, 2.45) is 0 Å². The van der Waals surface area contributed by atoms with E-state index < -0.39 is 5.82 Å². The molecule has 0 atom stereocenters. The summed E-state index contributed by atoms with van der Waals surface area (Å²) in [5, 5.41) is 2.62. The van der Waals surface area contributed by atoms with E-state index in [4.69, 9.17) is 0 Å². The van der Waals surface area contributed by atoms with Gasteiger partial charge in [-0.25, -0.2) is 9.18 Å². The van der Waals surface area contributed by atoms with Gasteiger partial charge in [0.1, 0.15) is 5.82 Å². The fraction of sp³-hybridized carbons (Fsp3) is 0.222.